The summed E-state index contributed by atoms with van der Waals surface area (Å²) in [6.07, 6.45) is 6.42. The van der Waals surface area contributed by atoms with Gasteiger partial charge in [0.25, 0.3) is 0 Å². The van der Waals surface area contributed by atoms with Gasteiger partial charge in [0.05, 0.1) is 5.37 Å². The predicted molar refractivity (Wildman–Crippen MR) is 82.8 cm³/mol. The average Bonchev–Trinajstić information content (AvgIpc) is 2.59. The zero-order chi connectivity index (χ0) is 12.8. The van der Waals surface area contributed by atoms with E-state index in [1.165, 1.54) is 21.1 Å². The summed E-state index contributed by atoms with van der Waals surface area (Å²) in [5, 5.41) is 6.09. The molecule has 1 N–H and O–H groups in total. The Bertz CT molecular complexity index is 385. The Hall–Kier alpha value is -0.540. The first-order valence-corrected chi connectivity index (χ1v) is 7.58. The quantitative estimate of drug-likeness (QED) is 0.768. The third-order valence-electron chi connectivity index (χ3n) is 2.43. The minimum Gasteiger partial charge on any atom is -0.372 e. The molecular weight excluding hydrogens is 246 g/mol. The van der Waals surface area contributed by atoms with Crippen LogP contribution < -0.4 is 5.32 Å². The Morgan fingerprint density at radius 3 is 2.59 bits per heavy atom. The molecule has 0 bridgehead atoms. The lowest BCUT2D eigenvalue weighted by molar-refractivity contribution is 0.840. The number of allylic oxidation sites excluding steroid dienone is 5. The number of rotatable bonds is 4. The standard InChI is InChI=1S/C14H21NS2/c1-6-7-14-13(15-12(5)17-14)8-9-16-11(4)10(2)3/h6-9,12,15H,1-5H3/b7-6+,9-8+. The Labute approximate surface area is 114 Å². The maximum Gasteiger partial charge on any atom is 0.0741 e. The number of hydrogen-bond acceptors (Lipinski definition) is 3. The molecule has 0 amide bonds. The van der Waals surface area contributed by atoms with Crippen molar-refractivity contribution in [3.8, 4) is 0 Å². The van der Waals surface area contributed by atoms with E-state index in [1.807, 2.05) is 11.8 Å². The van der Waals surface area contributed by atoms with Crippen LogP contribution in [0.1, 0.15) is 34.6 Å². The average molecular weight is 267 g/mol. The lowest BCUT2D eigenvalue weighted by Gasteiger charge is -2.03. The molecule has 1 unspecified atom stereocenters. The normalized spacial score (nSPS) is 20.4. The van der Waals surface area contributed by atoms with Crippen LogP contribution in [0.5, 0.6) is 0 Å². The second-order valence-corrected chi connectivity index (χ2v) is 6.66. The van der Waals surface area contributed by atoms with Gasteiger partial charge in [-0.25, -0.2) is 0 Å². The number of thioether (sulfide) groups is 2. The fourth-order valence-corrected chi connectivity index (χ4v) is 2.99. The van der Waals surface area contributed by atoms with Crippen LogP contribution in [0.2, 0.25) is 0 Å². The van der Waals surface area contributed by atoms with E-state index in [-0.39, 0.29) is 0 Å². The fraction of sp³-hybridized carbons (Fsp3) is 0.429. The number of hydrogen-bond donors (Lipinski definition) is 1. The van der Waals surface area contributed by atoms with Gasteiger partial charge < -0.3 is 5.32 Å². The summed E-state index contributed by atoms with van der Waals surface area (Å²) >= 11 is 3.66. The molecule has 0 spiro atoms. The second kappa shape index (κ2) is 7.02. The summed E-state index contributed by atoms with van der Waals surface area (Å²) in [5.74, 6) is 0. The maximum absolute atomic E-state index is 3.47. The molecule has 1 rings (SSSR count). The maximum atomic E-state index is 3.47. The van der Waals surface area contributed by atoms with Crippen LogP contribution in [0.4, 0.5) is 0 Å². The molecule has 0 saturated heterocycles. The molecular formula is C14H21NS2. The summed E-state index contributed by atoms with van der Waals surface area (Å²) < 4.78 is 0. The van der Waals surface area contributed by atoms with E-state index in [2.05, 4.69) is 63.6 Å². The van der Waals surface area contributed by atoms with E-state index in [1.54, 1.807) is 11.8 Å². The minimum atomic E-state index is 0.468. The third-order valence-corrected chi connectivity index (χ3v) is 4.54. The van der Waals surface area contributed by atoms with Crippen molar-refractivity contribution in [2.45, 2.75) is 40.0 Å². The summed E-state index contributed by atoms with van der Waals surface area (Å²) in [6.45, 7) is 10.7. The molecule has 0 aromatic heterocycles. The Balaban J connectivity index is 2.69. The summed E-state index contributed by atoms with van der Waals surface area (Å²) in [5.41, 5.74) is 2.61. The summed E-state index contributed by atoms with van der Waals surface area (Å²) in [7, 11) is 0. The van der Waals surface area contributed by atoms with Gasteiger partial charge in [0.1, 0.15) is 0 Å². The van der Waals surface area contributed by atoms with E-state index in [4.69, 9.17) is 0 Å². The molecule has 0 aromatic carbocycles. The third kappa shape index (κ3) is 4.68. The van der Waals surface area contributed by atoms with Gasteiger partial charge in [-0.15, -0.1) is 11.8 Å². The first kappa shape index (κ1) is 14.5. The molecule has 0 fully saturated rings. The van der Waals surface area contributed by atoms with Crippen molar-refractivity contribution in [2.24, 2.45) is 0 Å². The minimum absolute atomic E-state index is 0.468. The van der Waals surface area contributed by atoms with Crippen LogP contribution >= 0.6 is 23.5 Å². The molecule has 1 heterocycles. The van der Waals surface area contributed by atoms with E-state index in [0.29, 0.717) is 5.37 Å². The highest BCUT2D eigenvalue weighted by Crippen LogP contribution is 2.32. The zero-order valence-corrected chi connectivity index (χ0v) is 12.8. The summed E-state index contributed by atoms with van der Waals surface area (Å²) in [6, 6.07) is 0. The van der Waals surface area contributed by atoms with E-state index < -0.39 is 0 Å². The number of nitrogens with one attached hydrogen (secondary N) is 1. The van der Waals surface area contributed by atoms with Crippen molar-refractivity contribution in [1.29, 1.82) is 0 Å². The van der Waals surface area contributed by atoms with Gasteiger partial charge >= 0.3 is 0 Å². The summed E-state index contributed by atoms with van der Waals surface area (Å²) in [4.78, 5) is 2.69. The highest BCUT2D eigenvalue weighted by Gasteiger charge is 2.16. The van der Waals surface area contributed by atoms with Crippen LogP contribution in [-0.4, -0.2) is 5.37 Å². The van der Waals surface area contributed by atoms with Crippen molar-refractivity contribution < 1.29 is 0 Å². The van der Waals surface area contributed by atoms with Gasteiger partial charge in [-0.05, 0) is 51.0 Å². The van der Waals surface area contributed by atoms with Crippen LogP contribution in [-0.2, 0) is 0 Å². The van der Waals surface area contributed by atoms with Gasteiger partial charge in [-0.1, -0.05) is 29.5 Å². The van der Waals surface area contributed by atoms with Crippen LogP contribution in [0.25, 0.3) is 0 Å². The molecule has 0 aliphatic carbocycles. The van der Waals surface area contributed by atoms with Gasteiger partial charge in [0, 0.05) is 10.6 Å². The zero-order valence-electron chi connectivity index (χ0n) is 11.2. The first-order valence-electron chi connectivity index (χ1n) is 5.82. The SMILES string of the molecule is C/C=C/C1=C(/C=C/SC(C)=C(C)C)NC(C)S1. The van der Waals surface area contributed by atoms with Crippen molar-refractivity contribution in [3.05, 3.63) is 44.7 Å². The molecule has 1 aliphatic rings. The molecule has 17 heavy (non-hydrogen) atoms. The molecule has 3 heteroatoms. The highest BCUT2D eigenvalue weighted by atomic mass is 32.2. The highest BCUT2D eigenvalue weighted by molar-refractivity contribution is 8.05. The Kier molecular flexibility index (Phi) is 6.00. The van der Waals surface area contributed by atoms with Crippen molar-refractivity contribution in [3.63, 3.8) is 0 Å². The molecule has 0 aromatic rings. The molecule has 1 nitrogen and oxygen atoms in total. The Morgan fingerprint density at radius 1 is 1.29 bits per heavy atom. The molecule has 0 radical (unpaired) electrons. The first-order chi connectivity index (χ1) is 8.04. The van der Waals surface area contributed by atoms with Gasteiger partial charge in [-0.2, -0.15) is 0 Å². The van der Waals surface area contributed by atoms with E-state index in [9.17, 15) is 0 Å². The van der Waals surface area contributed by atoms with Gasteiger partial charge in [0.15, 0.2) is 0 Å². The molecule has 0 saturated carbocycles. The van der Waals surface area contributed by atoms with E-state index >= 15 is 0 Å². The fourth-order valence-electron chi connectivity index (χ4n) is 1.31. The van der Waals surface area contributed by atoms with Crippen LogP contribution in [0.15, 0.2) is 44.7 Å². The topological polar surface area (TPSA) is 12.0 Å². The smallest absolute Gasteiger partial charge is 0.0741 e. The lowest BCUT2D eigenvalue weighted by atomic mass is 10.3. The predicted octanol–water partition coefficient (Wildman–Crippen LogP) is 5.02. The van der Waals surface area contributed by atoms with Crippen molar-refractivity contribution in [1.82, 2.24) is 5.32 Å². The van der Waals surface area contributed by atoms with Gasteiger partial charge in [-0.3, -0.25) is 0 Å². The van der Waals surface area contributed by atoms with Crippen molar-refractivity contribution in [2.75, 3.05) is 0 Å². The lowest BCUT2D eigenvalue weighted by Crippen LogP contribution is -2.14. The molecule has 1 atom stereocenters. The van der Waals surface area contributed by atoms with Crippen molar-refractivity contribution >= 4 is 23.5 Å². The molecule has 1 aliphatic heterocycles. The van der Waals surface area contributed by atoms with Crippen LogP contribution in [0.3, 0.4) is 0 Å². The Morgan fingerprint density at radius 2 is 2.00 bits per heavy atom. The van der Waals surface area contributed by atoms with E-state index in [0.717, 1.165) is 0 Å². The molecule has 94 valence electrons. The van der Waals surface area contributed by atoms with Gasteiger partial charge in [0.2, 0.25) is 0 Å². The second-order valence-electron chi connectivity index (χ2n) is 4.16. The largest absolute Gasteiger partial charge is 0.372 e. The monoisotopic (exact) mass is 267 g/mol. The van der Waals surface area contributed by atoms with Crippen LogP contribution in [0, 0.1) is 0 Å².